The highest BCUT2D eigenvalue weighted by molar-refractivity contribution is 7.99. The lowest BCUT2D eigenvalue weighted by Gasteiger charge is -2.04. The molecule has 0 bridgehead atoms. The standard InChI is InChI=1S/C17H14N4OS/c18-11-12-4-3-5-13(10-12)19-16(22)8-9-23-17-20-14-6-1-2-7-15(14)21-17/h1-7,10H,8-9H2,(H,19,22)(H,20,21). The summed E-state index contributed by atoms with van der Waals surface area (Å²) < 4.78 is 0. The van der Waals surface area contributed by atoms with E-state index in [9.17, 15) is 4.79 Å². The molecule has 1 aromatic heterocycles. The monoisotopic (exact) mass is 322 g/mol. The molecule has 114 valence electrons. The molecule has 0 atom stereocenters. The number of nitrogens with zero attached hydrogens (tertiary/aromatic N) is 2. The number of carbonyl (C=O) groups is 1. The summed E-state index contributed by atoms with van der Waals surface area (Å²) in [6, 6.07) is 16.7. The summed E-state index contributed by atoms with van der Waals surface area (Å²) in [6.45, 7) is 0. The van der Waals surface area contributed by atoms with Gasteiger partial charge < -0.3 is 10.3 Å². The number of H-pyrrole nitrogens is 1. The number of para-hydroxylation sites is 2. The number of aromatic amines is 1. The summed E-state index contributed by atoms with van der Waals surface area (Å²) in [7, 11) is 0. The first-order valence-corrected chi connectivity index (χ1v) is 8.11. The lowest BCUT2D eigenvalue weighted by Crippen LogP contribution is -2.12. The van der Waals surface area contributed by atoms with Crippen LogP contribution in [0.2, 0.25) is 0 Å². The van der Waals surface area contributed by atoms with Crippen LogP contribution in [0.3, 0.4) is 0 Å². The van der Waals surface area contributed by atoms with Crippen LogP contribution in [0.15, 0.2) is 53.7 Å². The van der Waals surface area contributed by atoms with E-state index in [1.54, 1.807) is 24.3 Å². The third-order valence-electron chi connectivity index (χ3n) is 3.21. The molecule has 3 aromatic rings. The Balaban J connectivity index is 1.52. The van der Waals surface area contributed by atoms with Gasteiger partial charge in [0.1, 0.15) is 0 Å². The van der Waals surface area contributed by atoms with Crippen LogP contribution >= 0.6 is 11.8 Å². The number of rotatable bonds is 5. The first-order valence-electron chi connectivity index (χ1n) is 7.12. The van der Waals surface area contributed by atoms with E-state index in [4.69, 9.17) is 5.26 Å². The molecule has 0 saturated heterocycles. The molecule has 1 amide bonds. The van der Waals surface area contributed by atoms with E-state index in [1.807, 2.05) is 24.3 Å². The van der Waals surface area contributed by atoms with Crippen molar-refractivity contribution in [2.45, 2.75) is 11.6 Å². The average Bonchev–Trinajstić information content (AvgIpc) is 2.97. The highest BCUT2D eigenvalue weighted by Gasteiger charge is 2.06. The first kappa shape index (κ1) is 15.1. The Morgan fingerprint density at radius 1 is 1.26 bits per heavy atom. The number of benzene rings is 2. The van der Waals surface area contributed by atoms with Crippen LogP contribution in [-0.4, -0.2) is 21.6 Å². The number of nitrogens with one attached hydrogen (secondary N) is 2. The quantitative estimate of drug-likeness (QED) is 0.704. The molecule has 0 fully saturated rings. The zero-order valence-electron chi connectivity index (χ0n) is 12.2. The van der Waals surface area contributed by atoms with E-state index in [0.717, 1.165) is 16.2 Å². The van der Waals surface area contributed by atoms with Gasteiger partial charge in [0.2, 0.25) is 5.91 Å². The van der Waals surface area contributed by atoms with Crippen LogP contribution in [0, 0.1) is 11.3 Å². The normalized spacial score (nSPS) is 10.4. The van der Waals surface area contributed by atoms with Gasteiger partial charge in [0.25, 0.3) is 0 Å². The van der Waals surface area contributed by atoms with Gasteiger partial charge in [0.05, 0.1) is 22.7 Å². The van der Waals surface area contributed by atoms with Crippen LogP contribution in [0.4, 0.5) is 5.69 Å². The Kier molecular flexibility index (Phi) is 4.60. The number of thioether (sulfide) groups is 1. The van der Waals surface area contributed by atoms with Crippen molar-refractivity contribution < 1.29 is 4.79 Å². The second-order valence-electron chi connectivity index (χ2n) is 4.90. The van der Waals surface area contributed by atoms with Crippen molar-refractivity contribution >= 4 is 34.4 Å². The topological polar surface area (TPSA) is 81.6 Å². The van der Waals surface area contributed by atoms with Crippen molar-refractivity contribution in [3.63, 3.8) is 0 Å². The predicted octanol–water partition coefficient (Wildman–Crippen LogP) is 3.56. The summed E-state index contributed by atoms with van der Waals surface area (Å²) >= 11 is 1.51. The van der Waals surface area contributed by atoms with Gasteiger partial charge >= 0.3 is 0 Å². The van der Waals surface area contributed by atoms with Gasteiger partial charge in [-0.2, -0.15) is 5.26 Å². The first-order chi connectivity index (χ1) is 11.2. The van der Waals surface area contributed by atoms with E-state index in [2.05, 4.69) is 21.4 Å². The minimum Gasteiger partial charge on any atom is -0.333 e. The molecule has 23 heavy (non-hydrogen) atoms. The Morgan fingerprint density at radius 3 is 2.96 bits per heavy atom. The zero-order chi connectivity index (χ0) is 16.1. The van der Waals surface area contributed by atoms with Crippen LogP contribution in [0.1, 0.15) is 12.0 Å². The van der Waals surface area contributed by atoms with Crippen molar-refractivity contribution in [1.82, 2.24) is 9.97 Å². The number of aromatic nitrogens is 2. The number of nitriles is 1. The molecule has 0 unspecified atom stereocenters. The molecule has 0 spiro atoms. The van der Waals surface area contributed by atoms with Gasteiger partial charge in [-0.15, -0.1) is 0 Å². The third kappa shape index (κ3) is 3.90. The molecule has 0 saturated carbocycles. The summed E-state index contributed by atoms with van der Waals surface area (Å²) in [6.07, 6.45) is 0.374. The lowest BCUT2D eigenvalue weighted by molar-refractivity contribution is -0.115. The van der Waals surface area contributed by atoms with Gasteiger partial charge in [0.15, 0.2) is 5.16 Å². The molecular weight excluding hydrogens is 308 g/mol. The van der Waals surface area contributed by atoms with Crippen LogP contribution in [0.25, 0.3) is 11.0 Å². The Bertz CT molecular complexity index is 848. The fourth-order valence-corrected chi connectivity index (χ4v) is 2.95. The van der Waals surface area contributed by atoms with Gasteiger partial charge in [-0.1, -0.05) is 30.0 Å². The highest BCUT2D eigenvalue weighted by atomic mass is 32.2. The summed E-state index contributed by atoms with van der Waals surface area (Å²) in [5.41, 5.74) is 3.09. The largest absolute Gasteiger partial charge is 0.333 e. The zero-order valence-corrected chi connectivity index (χ0v) is 13.1. The van der Waals surface area contributed by atoms with Gasteiger partial charge in [-0.3, -0.25) is 4.79 Å². The molecule has 2 N–H and O–H groups in total. The van der Waals surface area contributed by atoms with Crippen molar-refractivity contribution in [1.29, 1.82) is 5.26 Å². The predicted molar refractivity (Wildman–Crippen MR) is 91.2 cm³/mol. The number of carbonyl (C=O) groups excluding carboxylic acids is 1. The molecule has 6 heteroatoms. The van der Waals surface area contributed by atoms with Crippen LogP contribution < -0.4 is 5.32 Å². The molecule has 0 aliphatic heterocycles. The SMILES string of the molecule is N#Cc1cccc(NC(=O)CCSc2nc3ccccc3[nH]2)c1. The number of fused-ring (bicyclic) bond motifs is 1. The smallest absolute Gasteiger partial charge is 0.225 e. The summed E-state index contributed by atoms with van der Waals surface area (Å²) in [5, 5.41) is 12.5. The van der Waals surface area contributed by atoms with Gasteiger partial charge in [-0.05, 0) is 30.3 Å². The van der Waals surface area contributed by atoms with E-state index in [-0.39, 0.29) is 5.91 Å². The Morgan fingerprint density at radius 2 is 2.13 bits per heavy atom. The second kappa shape index (κ2) is 6.99. The minimum atomic E-state index is -0.0799. The molecule has 1 heterocycles. The van der Waals surface area contributed by atoms with Crippen molar-refractivity contribution in [3.8, 4) is 6.07 Å². The molecule has 2 aromatic carbocycles. The molecule has 0 aliphatic rings. The van der Waals surface area contributed by atoms with E-state index >= 15 is 0 Å². The average molecular weight is 322 g/mol. The number of imidazole rings is 1. The Hall–Kier alpha value is -2.78. The Labute approximate surface area is 137 Å². The van der Waals surface area contributed by atoms with E-state index < -0.39 is 0 Å². The maximum absolute atomic E-state index is 11.9. The van der Waals surface area contributed by atoms with Crippen molar-refractivity contribution in [2.75, 3.05) is 11.1 Å². The molecular formula is C17H14N4OS. The third-order valence-corrected chi connectivity index (χ3v) is 4.09. The number of anilines is 1. The maximum atomic E-state index is 11.9. The molecule has 0 aliphatic carbocycles. The maximum Gasteiger partial charge on any atom is 0.225 e. The fourth-order valence-electron chi connectivity index (χ4n) is 2.13. The fraction of sp³-hybridized carbons (Fsp3) is 0.118. The molecule has 0 radical (unpaired) electrons. The molecule has 3 rings (SSSR count). The molecule has 5 nitrogen and oxygen atoms in total. The van der Waals surface area contributed by atoms with E-state index in [0.29, 0.717) is 23.4 Å². The van der Waals surface area contributed by atoms with Gasteiger partial charge in [-0.25, -0.2) is 4.98 Å². The number of hydrogen-bond donors (Lipinski definition) is 2. The second-order valence-corrected chi connectivity index (χ2v) is 5.98. The van der Waals surface area contributed by atoms with Crippen molar-refractivity contribution in [3.05, 3.63) is 54.1 Å². The highest BCUT2D eigenvalue weighted by Crippen LogP contribution is 2.20. The van der Waals surface area contributed by atoms with Crippen LogP contribution in [0.5, 0.6) is 0 Å². The van der Waals surface area contributed by atoms with E-state index in [1.165, 1.54) is 11.8 Å². The minimum absolute atomic E-state index is 0.0799. The van der Waals surface area contributed by atoms with Crippen molar-refractivity contribution in [2.24, 2.45) is 0 Å². The summed E-state index contributed by atoms with van der Waals surface area (Å²) in [5.74, 6) is 0.549. The number of amides is 1. The summed E-state index contributed by atoms with van der Waals surface area (Å²) in [4.78, 5) is 19.6. The lowest BCUT2D eigenvalue weighted by atomic mass is 10.2. The van der Waals surface area contributed by atoms with Crippen LogP contribution in [-0.2, 0) is 4.79 Å². The number of hydrogen-bond acceptors (Lipinski definition) is 4. The van der Waals surface area contributed by atoms with Gasteiger partial charge in [0, 0.05) is 17.9 Å².